The summed E-state index contributed by atoms with van der Waals surface area (Å²) in [5.74, 6) is -0.574. The normalized spacial score (nSPS) is 24.4. The van der Waals surface area contributed by atoms with Gasteiger partial charge < -0.3 is 20.4 Å². The maximum Gasteiger partial charge on any atom is 0.314 e. The number of hydrogen-bond acceptors (Lipinski definition) is 5. The van der Waals surface area contributed by atoms with Crippen molar-refractivity contribution in [2.75, 3.05) is 26.2 Å². The van der Waals surface area contributed by atoms with Crippen LogP contribution in [0.25, 0.3) is 10.8 Å². The third-order valence-corrected chi connectivity index (χ3v) is 9.28. The van der Waals surface area contributed by atoms with E-state index in [0.717, 1.165) is 28.1 Å². The van der Waals surface area contributed by atoms with E-state index in [1.807, 2.05) is 18.2 Å². The van der Waals surface area contributed by atoms with Gasteiger partial charge in [-0.25, -0.2) is 13.2 Å². The van der Waals surface area contributed by atoms with E-state index in [0.29, 0.717) is 32.5 Å². The van der Waals surface area contributed by atoms with E-state index in [-0.39, 0.29) is 29.4 Å². The zero-order valence-corrected chi connectivity index (χ0v) is 22.0. The minimum atomic E-state index is -3.94. The maximum atomic E-state index is 13.2. The first kappa shape index (κ1) is 25.0. The predicted octanol–water partition coefficient (Wildman–Crippen LogP) is 1.63. The molecule has 2 unspecified atom stereocenters. The molecule has 0 aliphatic carbocycles. The molecule has 0 aromatic heterocycles. The summed E-state index contributed by atoms with van der Waals surface area (Å²) in [6.45, 7) is 1.09. The third-order valence-electron chi connectivity index (χ3n) is 7.32. The van der Waals surface area contributed by atoms with Crippen LogP contribution in [-0.2, 0) is 19.6 Å². The largest absolute Gasteiger partial charge is 0.351 e. The third kappa shape index (κ3) is 4.81. The van der Waals surface area contributed by atoms with Crippen LogP contribution in [0.3, 0.4) is 0 Å². The number of piperidine rings is 1. The molecule has 36 heavy (non-hydrogen) atoms. The summed E-state index contributed by atoms with van der Waals surface area (Å²) in [6, 6.07) is 8.78. The quantitative estimate of drug-likeness (QED) is 0.557. The van der Waals surface area contributed by atoms with Crippen LogP contribution in [0, 0.1) is 0 Å². The van der Waals surface area contributed by atoms with E-state index in [2.05, 4.69) is 20.7 Å². The number of piperazine rings is 1. The molecule has 0 saturated carbocycles. The Bertz CT molecular complexity index is 1320. The number of carbonyl (C=O) groups excluding carboxylic acids is 3. The van der Waals surface area contributed by atoms with E-state index in [1.54, 1.807) is 21.9 Å². The molecule has 3 fully saturated rings. The molecule has 5 rings (SSSR count). The highest BCUT2D eigenvalue weighted by Gasteiger charge is 2.44. The topological polar surface area (TPSA) is 133 Å². The molecule has 3 aliphatic rings. The van der Waals surface area contributed by atoms with Gasteiger partial charge in [0.1, 0.15) is 6.04 Å². The molecule has 0 radical (unpaired) electrons. The summed E-state index contributed by atoms with van der Waals surface area (Å²) < 4.78 is 29.7. The molecule has 4 amide bonds. The van der Waals surface area contributed by atoms with Crippen LogP contribution < -0.4 is 10.5 Å². The molecule has 10 nitrogen and oxygen atoms in total. The fraction of sp³-hybridized carbons (Fsp3) is 0.458. The summed E-state index contributed by atoms with van der Waals surface area (Å²) in [5, 5.41) is 1.67. The highest BCUT2D eigenvalue weighted by Crippen LogP contribution is 2.30. The van der Waals surface area contributed by atoms with Gasteiger partial charge in [0, 0.05) is 36.2 Å². The van der Waals surface area contributed by atoms with Crippen molar-refractivity contribution in [3.8, 4) is 0 Å². The standard InChI is InChI=1S/C24H28BrN5O5S/c25-17-5-3-16-11-20(8-4-15(16)10-17)36(34,35)27-21-2-1-9-28(23(21)32)14-22(31)30-18-6-7-19(30)13-29(12-18)24(26)33/h3-5,8,10-11,18-19,21,27H,1-2,6-7,9,12-14H2,(H2,26,33)/t18?,19?,21-/m0/s1. The minimum Gasteiger partial charge on any atom is -0.351 e. The minimum absolute atomic E-state index is 0.0854. The lowest BCUT2D eigenvalue weighted by molar-refractivity contribution is -0.145. The highest BCUT2D eigenvalue weighted by atomic mass is 79.9. The van der Waals surface area contributed by atoms with Crippen molar-refractivity contribution in [2.45, 2.75) is 48.7 Å². The molecule has 2 aromatic rings. The summed E-state index contributed by atoms with van der Waals surface area (Å²) in [6.07, 6.45) is 2.53. The van der Waals surface area contributed by atoms with E-state index < -0.39 is 28.0 Å². The average molecular weight is 578 g/mol. The Morgan fingerprint density at radius 3 is 2.39 bits per heavy atom. The Balaban J connectivity index is 1.26. The van der Waals surface area contributed by atoms with Gasteiger partial charge >= 0.3 is 6.03 Å². The summed E-state index contributed by atoms with van der Waals surface area (Å²) in [5.41, 5.74) is 5.42. The van der Waals surface area contributed by atoms with Gasteiger partial charge in [0.15, 0.2) is 0 Å². The molecule has 2 aromatic carbocycles. The van der Waals surface area contributed by atoms with Crippen molar-refractivity contribution in [1.29, 1.82) is 0 Å². The van der Waals surface area contributed by atoms with Gasteiger partial charge in [-0.2, -0.15) is 4.72 Å². The fourth-order valence-corrected chi connectivity index (χ4v) is 7.20. The second-order valence-corrected chi connectivity index (χ2v) is 12.3. The highest BCUT2D eigenvalue weighted by molar-refractivity contribution is 9.10. The number of hydrogen-bond donors (Lipinski definition) is 2. The van der Waals surface area contributed by atoms with Crippen LogP contribution in [0.15, 0.2) is 45.8 Å². The van der Waals surface area contributed by atoms with Crippen LogP contribution in [0.4, 0.5) is 4.79 Å². The Morgan fingerprint density at radius 2 is 1.69 bits per heavy atom. The van der Waals surface area contributed by atoms with E-state index in [1.165, 1.54) is 11.0 Å². The number of likely N-dealkylation sites (tertiary alicyclic amines) is 2. The number of sulfonamides is 1. The summed E-state index contributed by atoms with van der Waals surface area (Å²) in [7, 11) is -3.94. The van der Waals surface area contributed by atoms with Gasteiger partial charge in [0.05, 0.1) is 11.4 Å². The number of carbonyl (C=O) groups is 3. The molecule has 2 bridgehead atoms. The molecule has 0 spiro atoms. The maximum absolute atomic E-state index is 13.2. The monoisotopic (exact) mass is 577 g/mol. The first-order chi connectivity index (χ1) is 17.1. The Morgan fingerprint density at radius 1 is 1.03 bits per heavy atom. The second-order valence-electron chi connectivity index (χ2n) is 9.66. The van der Waals surface area contributed by atoms with Crippen LogP contribution in [-0.4, -0.2) is 85.3 Å². The van der Waals surface area contributed by atoms with Crippen molar-refractivity contribution in [2.24, 2.45) is 5.73 Å². The number of benzene rings is 2. The van der Waals surface area contributed by atoms with Gasteiger partial charge in [-0.15, -0.1) is 0 Å². The van der Waals surface area contributed by atoms with E-state index in [9.17, 15) is 22.8 Å². The van der Waals surface area contributed by atoms with Gasteiger partial charge in [0.25, 0.3) is 0 Å². The molecular formula is C24H28BrN5O5S. The molecule has 3 N–H and O–H groups in total. The van der Waals surface area contributed by atoms with Gasteiger partial charge in [0.2, 0.25) is 21.8 Å². The van der Waals surface area contributed by atoms with Crippen molar-refractivity contribution in [3.63, 3.8) is 0 Å². The molecule has 3 aliphatic heterocycles. The summed E-state index contributed by atoms with van der Waals surface area (Å²) in [4.78, 5) is 42.8. The summed E-state index contributed by atoms with van der Waals surface area (Å²) >= 11 is 3.41. The zero-order valence-electron chi connectivity index (χ0n) is 19.6. The van der Waals surface area contributed by atoms with Crippen molar-refractivity contribution < 1.29 is 22.8 Å². The van der Waals surface area contributed by atoms with Gasteiger partial charge in [-0.3, -0.25) is 9.59 Å². The molecule has 12 heteroatoms. The molecule has 3 heterocycles. The SMILES string of the molecule is NC(=O)N1CC2CCC(C1)N2C(=O)CN1CCC[C@H](NS(=O)(=O)c2ccc3cc(Br)ccc3c2)C1=O. The smallest absolute Gasteiger partial charge is 0.314 e. The molecule has 192 valence electrons. The lowest BCUT2D eigenvalue weighted by atomic mass is 10.1. The predicted molar refractivity (Wildman–Crippen MR) is 136 cm³/mol. The number of nitrogens with one attached hydrogen (secondary N) is 1. The number of nitrogens with zero attached hydrogens (tertiary/aromatic N) is 3. The van der Waals surface area contributed by atoms with Gasteiger partial charge in [-0.1, -0.05) is 28.1 Å². The fourth-order valence-electron chi connectivity index (χ4n) is 5.56. The number of fused-ring (bicyclic) bond motifs is 3. The van der Waals surface area contributed by atoms with Crippen molar-refractivity contribution in [1.82, 2.24) is 19.4 Å². The Hall–Kier alpha value is -2.70. The molecular weight excluding hydrogens is 550 g/mol. The number of nitrogens with two attached hydrogens (primary N) is 1. The van der Waals surface area contributed by atoms with Crippen LogP contribution in [0.5, 0.6) is 0 Å². The first-order valence-electron chi connectivity index (χ1n) is 12.0. The Kier molecular flexibility index (Phi) is 6.69. The van der Waals surface area contributed by atoms with Crippen molar-refractivity contribution >= 4 is 54.6 Å². The first-order valence-corrected chi connectivity index (χ1v) is 14.3. The molecule has 3 atom stereocenters. The van der Waals surface area contributed by atoms with E-state index >= 15 is 0 Å². The Labute approximate surface area is 217 Å². The number of amides is 4. The van der Waals surface area contributed by atoms with Crippen molar-refractivity contribution in [3.05, 3.63) is 40.9 Å². The number of primary amides is 1. The van der Waals surface area contributed by atoms with Gasteiger partial charge in [-0.05, 0) is 60.7 Å². The number of urea groups is 1. The van der Waals surface area contributed by atoms with Crippen LogP contribution in [0.1, 0.15) is 25.7 Å². The second kappa shape index (κ2) is 9.64. The van der Waals surface area contributed by atoms with Crippen LogP contribution in [0.2, 0.25) is 0 Å². The molecule has 3 saturated heterocycles. The average Bonchev–Trinajstić information content (AvgIpc) is 3.10. The lowest BCUT2D eigenvalue weighted by Crippen LogP contribution is -2.61. The lowest BCUT2D eigenvalue weighted by Gasteiger charge is -2.41. The zero-order chi connectivity index (χ0) is 25.6. The van der Waals surface area contributed by atoms with E-state index in [4.69, 9.17) is 5.73 Å². The number of halogens is 1. The number of rotatable bonds is 5. The van der Waals surface area contributed by atoms with Crippen LogP contribution >= 0.6 is 15.9 Å².